The van der Waals surface area contributed by atoms with Crippen molar-refractivity contribution in [2.24, 2.45) is 0 Å². The van der Waals surface area contributed by atoms with E-state index in [4.69, 9.17) is 4.42 Å². The molecule has 1 amide bonds. The SMILES string of the molecule is O=C(NCCC1=CCCCC1)[C@H]1CCCN1c1nc2ccccc2o1. The average molecular weight is 339 g/mol. The number of nitrogens with one attached hydrogen (secondary N) is 1. The molecular weight excluding hydrogens is 314 g/mol. The Morgan fingerprint density at radius 1 is 1.28 bits per heavy atom. The molecule has 2 heterocycles. The van der Waals surface area contributed by atoms with Gasteiger partial charge in [-0.15, -0.1) is 0 Å². The standard InChI is InChI=1S/C20H25N3O2/c24-19(21-13-12-15-7-2-1-3-8-15)17-10-6-14-23(17)20-22-16-9-4-5-11-18(16)25-20/h4-5,7,9,11,17H,1-3,6,8,10,12-14H2,(H,21,24)/t17-/m1/s1. The molecule has 25 heavy (non-hydrogen) atoms. The minimum Gasteiger partial charge on any atom is -0.423 e. The molecule has 2 aliphatic rings. The first kappa shape index (κ1) is 16.2. The summed E-state index contributed by atoms with van der Waals surface area (Å²) in [5.74, 6) is 0.0937. The number of nitrogens with zero attached hydrogens (tertiary/aromatic N) is 2. The van der Waals surface area contributed by atoms with Crippen LogP contribution in [0.5, 0.6) is 0 Å². The normalized spacial score (nSPS) is 20.7. The van der Waals surface area contributed by atoms with E-state index in [1.807, 2.05) is 29.2 Å². The average Bonchev–Trinajstić information content (AvgIpc) is 3.29. The molecule has 1 saturated heterocycles. The lowest BCUT2D eigenvalue weighted by molar-refractivity contribution is -0.122. The molecule has 0 spiro atoms. The maximum atomic E-state index is 12.6. The first-order valence-electron chi connectivity index (χ1n) is 9.39. The van der Waals surface area contributed by atoms with E-state index in [0.29, 0.717) is 6.01 Å². The van der Waals surface area contributed by atoms with Crippen LogP contribution in [0.15, 0.2) is 40.3 Å². The number of rotatable bonds is 5. The Labute approximate surface area is 148 Å². The van der Waals surface area contributed by atoms with Crippen LogP contribution in [-0.2, 0) is 4.79 Å². The molecule has 1 aromatic carbocycles. The highest BCUT2D eigenvalue weighted by Crippen LogP contribution is 2.28. The number of carbonyl (C=O) groups excluding carboxylic acids is 1. The van der Waals surface area contributed by atoms with Gasteiger partial charge in [0, 0.05) is 13.1 Å². The quantitative estimate of drug-likeness (QED) is 0.842. The van der Waals surface area contributed by atoms with Crippen LogP contribution in [0.25, 0.3) is 11.1 Å². The molecule has 1 fully saturated rings. The summed E-state index contributed by atoms with van der Waals surface area (Å²) < 4.78 is 5.86. The molecule has 0 unspecified atom stereocenters. The molecule has 4 rings (SSSR count). The van der Waals surface area contributed by atoms with Crippen LogP contribution in [0.2, 0.25) is 0 Å². The van der Waals surface area contributed by atoms with Crippen molar-refractivity contribution < 1.29 is 9.21 Å². The lowest BCUT2D eigenvalue weighted by atomic mass is 9.97. The van der Waals surface area contributed by atoms with Crippen molar-refractivity contribution in [1.29, 1.82) is 0 Å². The van der Waals surface area contributed by atoms with Gasteiger partial charge >= 0.3 is 0 Å². The fourth-order valence-electron chi connectivity index (χ4n) is 3.85. The van der Waals surface area contributed by atoms with Crippen molar-refractivity contribution in [1.82, 2.24) is 10.3 Å². The summed E-state index contributed by atoms with van der Waals surface area (Å²) in [5, 5.41) is 3.11. The number of amides is 1. The Kier molecular flexibility index (Phi) is 4.72. The Balaban J connectivity index is 1.38. The van der Waals surface area contributed by atoms with Gasteiger partial charge < -0.3 is 14.6 Å². The number of benzene rings is 1. The molecule has 0 bridgehead atoms. The molecule has 2 aromatic rings. The van der Waals surface area contributed by atoms with E-state index < -0.39 is 0 Å². The number of hydrogen-bond donors (Lipinski definition) is 1. The largest absolute Gasteiger partial charge is 0.423 e. The maximum Gasteiger partial charge on any atom is 0.299 e. The van der Waals surface area contributed by atoms with Crippen LogP contribution in [0.1, 0.15) is 44.9 Å². The van der Waals surface area contributed by atoms with Gasteiger partial charge in [-0.05, 0) is 57.1 Å². The van der Waals surface area contributed by atoms with E-state index >= 15 is 0 Å². The fraction of sp³-hybridized carbons (Fsp3) is 0.500. The lowest BCUT2D eigenvalue weighted by Crippen LogP contribution is -2.43. The summed E-state index contributed by atoms with van der Waals surface area (Å²) in [6.45, 7) is 1.54. The van der Waals surface area contributed by atoms with E-state index in [2.05, 4.69) is 16.4 Å². The van der Waals surface area contributed by atoms with Crippen molar-refractivity contribution in [3.63, 3.8) is 0 Å². The van der Waals surface area contributed by atoms with Gasteiger partial charge in [-0.25, -0.2) is 0 Å². The molecule has 5 heteroatoms. The minimum atomic E-state index is -0.173. The minimum absolute atomic E-state index is 0.0937. The van der Waals surface area contributed by atoms with E-state index in [9.17, 15) is 4.79 Å². The number of fused-ring (bicyclic) bond motifs is 1. The third-order valence-electron chi connectivity index (χ3n) is 5.21. The molecule has 1 N–H and O–H groups in total. The van der Waals surface area contributed by atoms with E-state index in [0.717, 1.165) is 43.5 Å². The Hall–Kier alpha value is -2.30. The number of allylic oxidation sites excluding steroid dienone is 1. The zero-order valence-corrected chi connectivity index (χ0v) is 14.5. The Morgan fingerprint density at radius 2 is 2.20 bits per heavy atom. The first-order valence-corrected chi connectivity index (χ1v) is 9.39. The van der Waals surface area contributed by atoms with Crippen LogP contribution < -0.4 is 10.2 Å². The van der Waals surface area contributed by atoms with Gasteiger partial charge in [0.05, 0.1) is 0 Å². The van der Waals surface area contributed by atoms with Gasteiger partial charge in [0.1, 0.15) is 11.6 Å². The second-order valence-electron chi connectivity index (χ2n) is 6.96. The predicted molar refractivity (Wildman–Crippen MR) is 98.6 cm³/mol. The molecule has 5 nitrogen and oxygen atoms in total. The molecule has 1 aliphatic carbocycles. The number of carbonyl (C=O) groups is 1. The topological polar surface area (TPSA) is 58.4 Å². The zero-order chi connectivity index (χ0) is 17.1. The summed E-state index contributed by atoms with van der Waals surface area (Å²) >= 11 is 0. The maximum absolute atomic E-state index is 12.6. The molecule has 0 radical (unpaired) electrons. The number of oxazole rings is 1. The van der Waals surface area contributed by atoms with Crippen LogP contribution in [-0.4, -0.2) is 30.0 Å². The summed E-state index contributed by atoms with van der Waals surface area (Å²) in [6, 6.07) is 8.12. The van der Waals surface area contributed by atoms with Gasteiger partial charge in [-0.2, -0.15) is 4.98 Å². The number of anilines is 1. The zero-order valence-electron chi connectivity index (χ0n) is 14.5. The summed E-state index contributed by atoms with van der Waals surface area (Å²) in [4.78, 5) is 19.2. The van der Waals surface area contributed by atoms with Crippen molar-refractivity contribution in [3.8, 4) is 0 Å². The summed E-state index contributed by atoms with van der Waals surface area (Å²) in [5.41, 5.74) is 3.11. The third-order valence-corrected chi connectivity index (χ3v) is 5.21. The monoisotopic (exact) mass is 339 g/mol. The first-order chi connectivity index (χ1) is 12.3. The molecular formula is C20H25N3O2. The second-order valence-corrected chi connectivity index (χ2v) is 6.96. The predicted octanol–water partition coefficient (Wildman–Crippen LogP) is 3.80. The second kappa shape index (κ2) is 7.30. The van der Waals surface area contributed by atoms with E-state index in [-0.39, 0.29) is 11.9 Å². The van der Waals surface area contributed by atoms with Crippen LogP contribution in [0.4, 0.5) is 6.01 Å². The summed E-state index contributed by atoms with van der Waals surface area (Å²) in [6.07, 6.45) is 10.1. The molecule has 1 atom stereocenters. The van der Waals surface area contributed by atoms with Gasteiger partial charge in [-0.1, -0.05) is 23.8 Å². The lowest BCUT2D eigenvalue weighted by Gasteiger charge is -2.22. The van der Waals surface area contributed by atoms with Crippen LogP contribution in [0, 0.1) is 0 Å². The van der Waals surface area contributed by atoms with Crippen molar-refractivity contribution in [2.75, 3.05) is 18.0 Å². The van der Waals surface area contributed by atoms with Gasteiger partial charge in [0.2, 0.25) is 5.91 Å². The van der Waals surface area contributed by atoms with Crippen LogP contribution >= 0.6 is 0 Å². The summed E-state index contributed by atoms with van der Waals surface area (Å²) in [7, 11) is 0. The number of para-hydroxylation sites is 2. The molecule has 1 aromatic heterocycles. The van der Waals surface area contributed by atoms with Gasteiger partial charge in [0.25, 0.3) is 6.01 Å². The highest BCUT2D eigenvalue weighted by Gasteiger charge is 2.33. The Morgan fingerprint density at radius 3 is 3.04 bits per heavy atom. The molecule has 132 valence electrons. The number of hydrogen-bond acceptors (Lipinski definition) is 4. The van der Waals surface area contributed by atoms with E-state index in [1.165, 1.54) is 31.3 Å². The van der Waals surface area contributed by atoms with Crippen LogP contribution in [0.3, 0.4) is 0 Å². The molecule has 0 saturated carbocycles. The molecule has 1 aliphatic heterocycles. The number of aromatic nitrogens is 1. The van der Waals surface area contributed by atoms with Gasteiger partial charge in [0.15, 0.2) is 5.58 Å². The smallest absolute Gasteiger partial charge is 0.299 e. The van der Waals surface area contributed by atoms with Crippen molar-refractivity contribution in [3.05, 3.63) is 35.9 Å². The third kappa shape index (κ3) is 3.55. The highest BCUT2D eigenvalue weighted by atomic mass is 16.4. The van der Waals surface area contributed by atoms with Crippen molar-refractivity contribution in [2.45, 2.75) is 51.0 Å². The van der Waals surface area contributed by atoms with Gasteiger partial charge in [-0.3, -0.25) is 4.79 Å². The van der Waals surface area contributed by atoms with E-state index in [1.54, 1.807) is 0 Å². The fourth-order valence-corrected chi connectivity index (χ4v) is 3.85. The van der Waals surface area contributed by atoms with Crippen molar-refractivity contribution >= 4 is 23.0 Å². The highest BCUT2D eigenvalue weighted by molar-refractivity contribution is 5.85. The Bertz CT molecular complexity index is 747.